The van der Waals surface area contributed by atoms with Crippen molar-refractivity contribution in [2.24, 2.45) is 5.92 Å². The molecule has 23 heavy (non-hydrogen) atoms. The van der Waals surface area contributed by atoms with Gasteiger partial charge in [0.15, 0.2) is 0 Å². The maximum absolute atomic E-state index is 12.4. The van der Waals surface area contributed by atoms with Gasteiger partial charge in [0.1, 0.15) is 0 Å². The van der Waals surface area contributed by atoms with Crippen LogP contribution in [0.4, 0.5) is 4.79 Å². The summed E-state index contributed by atoms with van der Waals surface area (Å²) in [7, 11) is 0. The minimum Gasteiger partial charge on any atom is -0.338 e. The normalized spacial score (nSPS) is 21.7. The first-order chi connectivity index (χ1) is 11.1. The number of pyridine rings is 1. The van der Waals surface area contributed by atoms with Crippen LogP contribution in [0.15, 0.2) is 29.2 Å². The van der Waals surface area contributed by atoms with Crippen molar-refractivity contribution < 1.29 is 4.79 Å². The van der Waals surface area contributed by atoms with Crippen LogP contribution in [-0.4, -0.2) is 34.6 Å². The summed E-state index contributed by atoms with van der Waals surface area (Å²) in [6.07, 6.45) is 7.08. The molecule has 0 aliphatic carbocycles. The van der Waals surface area contributed by atoms with E-state index < -0.39 is 0 Å². The fourth-order valence-corrected chi connectivity index (χ4v) is 3.16. The smallest absolute Gasteiger partial charge is 0.317 e. The third kappa shape index (κ3) is 5.41. The van der Waals surface area contributed by atoms with Gasteiger partial charge in [-0.15, -0.1) is 0 Å². The molecular weight excluding hydrogens is 290 g/mol. The van der Waals surface area contributed by atoms with Crippen molar-refractivity contribution in [3.05, 3.63) is 34.7 Å². The number of nitrogens with zero attached hydrogens (tertiary/aromatic N) is 2. The highest BCUT2D eigenvalue weighted by atomic mass is 16.2. The molecule has 2 atom stereocenters. The van der Waals surface area contributed by atoms with Crippen LogP contribution in [0.5, 0.6) is 0 Å². The highest BCUT2D eigenvalue weighted by molar-refractivity contribution is 5.74. The van der Waals surface area contributed by atoms with E-state index in [4.69, 9.17) is 0 Å². The van der Waals surface area contributed by atoms with Gasteiger partial charge in [0.25, 0.3) is 0 Å². The van der Waals surface area contributed by atoms with E-state index in [0.29, 0.717) is 25.0 Å². The van der Waals surface area contributed by atoms with Gasteiger partial charge in [-0.1, -0.05) is 19.4 Å². The van der Waals surface area contributed by atoms with E-state index in [0.717, 1.165) is 25.8 Å². The van der Waals surface area contributed by atoms with E-state index in [1.54, 1.807) is 22.9 Å². The van der Waals surface area contributed by atoms with Crippen LogP contribution in [0, 0.1) is 5.92 Å². The molecule has 0 bridgehead atoms. The first kappa shape index (κ1) is 17.6. The Morgan fingerprint density at radius 2 is 2.09 bits per heavy atom. The van der Waals surface area contributed by atoms with Crippen molar-refractivity contribution in [1.82, 2.24) is 14.8 Å². The summed E-state index contributed by atoms with van der Waals surface area (Å²) in [5.41, 5.74) is 0.0314. The zero-order valence-electron chi connectivity index (χ0n) is 14.3. The Bertz CT molecular complexity index is 555. The molecule has 0 saturated carbocycles. The van der Waals surface area contributed by atoms with Gasteiger partial charge in [0.05, 0.1) is 0 Å². The fourth-order valence-electron chi connectivity index (χ4n) is 3.16. The van der Waals surface area contributed by atoms with Gasteiger partial charge in [-0.25, -0.2) is 4.79 Å². The molecule has 128 valence electrons. The molecular formula is C18H29N3O2. The van der Waals surface area contributed by atoms with E-state index in [9.17, 15) is 9.59 Å². The van der Waals surface area contributed by atoms with Crippen molar-refractivity contribution in [1.29, 1.82) is 0 Å². The lowest BCUT2D eigenvalue weighted by molar-refractivity contribution is 0.173. The Kier molecular flexibility index (Phi) is 6.68. The number of amides is 2. The lowest BCUT2D eigenvalue weighted by atomic mass is 10.1. The van der Waals surface area contributed by atoms with Crippen molar-refractivity contribution >= 4 is 6.03 Å². The highest BCUT2D eigenvalue weighted by Gasteiger charge is 2.24. The number of aryl methyl sites for hydroxylation is 1. The molecule has 0 aromatic carbocycles. The number of nitrogens with one attached hydrogen (secondary N) is 1. The number of carbonyl (C=O) groups is 1. The van der Waals surface area contributed by atoms with Gasteiger partial charge in [-0.3, -0.25) is 4.79 Å². The number of unbranched alkanes of at least 4 members (excludes halogenated alkanes) is 1. The van der Waals surface area contributed by atoms with Crippen molar-refractivity contribution in [2.75, 3.05) is 13.1 Å². The molecule has 5 heteroatoms. The number of hydrogen-bond acceptors (Lipinski definition) is 2. The molecule has 5 nitrogen and oxygen atoms in total. The first-order valence-corrected chi connectivity index (χ1v) is 8.78. The van der Waals surface area contributed by atoms with E-state index in [1.807, 2.05) is 11.0 Å². The van der Waals surface area contributed by atoms with Crippen LogP contribution in [0.1, 0.15) is 46.0 Å². The van der Waals surface area contributed by atoms with Gasteiger partial charge in [0.2, 0.25) is 5.56 Å². The maximum Gasteiger partial charge on any atom is 0.317 e. The van der Waals surface area contributed by atoms with Crippen molar-refractivity contribution in [3.8, 4) is 0 Å². The molecule has 1 aromatic rings. The lowest BCUT2D eigenvalue weighted by Crippen LogP contribution is -2.46. The van der Waals surface area contributed by atoms with Crippen molar-refractivity contribution in [2.45, 2.75) is 58.5 Å². The second-order valence-corrected chi connectivity index (χ2v) is 6.71. The summed E-state index contributed by atoms with van der Waals surface area (Å²) in [5.74, 6) is 0.579. The topological polar surface area (TPSA) is 54.3 Å². The molecule has 1 aromatic heterocycles. The Morgan fingerprint density at radius 3 is 2.87 bits per heavy atom. The van der Waals surface area contributed by atoms with Crippen molar-refractivity contribution in [3.63, 3.8) is 0 Å². The average Bonchev–Trinajstić information content (AvgIpc) is 2.69. The number of urea groups is 1. The molecule has 1 N–H and O–H groups in total. The monoisotopic (exact) mass is 319 g/mol. The number of carbonyl (C=O) groups excluding carboxylic acids is 1. The van der Waals surface area contributed by atoms with E-state index >= 15 is 0 Å². The molecule has 2 rings (SSSR count). The largest absolute Gasteiger partial charge is 0.338 e. The first-order valence-electron chi connectivity index (χ1n) is 8.78. The van der Waals surface area contributed by atoms with Crippen LogP contribution in [0.25, 0.3) is 0 Å². The van der Waals surface area contributed by atoms with Crippen LogP contribution in [0.3, 0.4) is 0 Å². The standard InChI is InChI=1S/C18H29N3O2/c1-15-8-7-9-16(2)21(14-15)18(23)19-11-4-6-13-20-12-5-3-10-17(20)22/h3,5,10,12,15-16H,4,6-9,11,13-14H2,1-2H3,(H,19,23)/t15-,16-/m0/s1. The fraction of sp³-hybridized carbons (Fsp3) is 0.667. The predicted octanol–water partition coefficient (Wildman–Crippen LogP) is 2.85. The molecule has 2 amide bonds. The quantitative estimate of drug-likeness (QED) is 0.849. The average molecular weight is 319 g/mol. The third-order valence-corrected chi connectivity index (χ3v) is 4.62. The second kappa shape index (κ2) is 8.75. The number of likely N-dealkylation sites (tertiary alicyclic amines) is 1. The molecule has 1 fully saturated rings. The minimum atomic E-state index is 0.0314. The highest BCUT2D eigenvalue weighted by Crippen LogP contribution is 2.20. The van der Waals surface area contributed by atoms with Gasteiger partial charge in [-0.05, 0) is 44.6 Å². The maximum atomic E-state index is 12.4. The molecule has 1 aliphatic rings. The summed E-state index contributed by atoms with van der Waals surface area (Å²) >= 11 is 0. The van der Waals surface area contributed by atoms with E-state index in [-0.39, 0.29) is 11.6 Å². The Balaban J connectivity index is 1.70. The SMILES string of the molecule is C[C@H]1CCC[C@H](C)N(C(=O)NCCCCn2ccccc2=O)C1. The second-order valence-electron chi connectivity index (χ2n) is 6.71. The van der Waals surface area contributed by atoms with Crippen LogP contribution in [0.2, 0.25) is 0 Å². The van der Waals surface area contributed by atoms with Crippen LogP contribution < -0.4 is 10.9 Å². The van der Waals surface area contributed by atoms with Crippen LogP contribution >= 0.6 is 0 Å². The summed E-state index contributed by atoms with van der Waals surface area (Å²) in [5, 5.41) is 3.03. The predicted molar refractivity (Wildman–Crippen MR) is 92.5 cm³/mol. The van der Waals surface area contributed by atoms with Gasteiger partial charge in [-0.2, -0.15) is 0 Å². The number of hydrogen-bond donors (Lipinski definition) is 1. The Labute approximate surface area is 138 Å². The Morgan fingerprint density at radius 1 is 1.26 bits per heavy atom. The minimum absolute atomic E-state index is 0.0314. The summed E-state index contributed by atoms with van der Waals surface area (Å²) < 4.78 is 1.71. The van der Waals surface area contributed by atoms with Gasteiger partial charge in [0, 0.05) is 37.9 Å². The van der Waals surface area contributed by atoms with E-state index in [2.05, 4.69) is 19.2 Å². The van der Waals surface area contributed by atoms with Crippen LogP contribution in [-0.2, 0) is 6.54 Å². The molecule has 2 heterocycles. The zero-order chi connectivity index (χ0) is 16.7. The summed E-state index contributed by atoms with van der Waals surface area (Å²) in [6, 6.07) is 5.57. The molecule has 0 radical (unpaired) electrons. The number of rotatable bonds is 5. The molecule has 1 saturated heterocycles. The van der Waals surface area contributed by atoms with Gasteiger partial charge >= 0.3 is 6.03 Å². The third-order valence-electron chi connectivity index (χ3n) is 4.62. The lowest BCUT2D eigenvalue weighted by Gasteiger charge is -2.28. The number of aromatic nitrogens is 1. The van der Waals surface area contributed by atoms with Gasteiger partial charge < -0.3 is 14.8 Å². The molecule has 0 spiro atoms. The Hall–Kier alpha value is -1.78. The zero-order valence-corrected chi connectivity index (χ0v) is 14.3. The van der Waals surface area contributed by atoms with E-state index in [1.165, 1.54) is 12.8 Å². The molecule has 0 unspecified atom stereocenters. The summed E-state index contributed by atoms with van der Waals surface area (Å²) in [6.45, 7) is 6.58. The molecule has 1 aliphatic heterocycles. The summed E-state index contributed by atoms with van der Waals surface area (Å²) in [4.78, 5) is 25.9.